The van der Waals surface area contributed by atoms with Crippen LogP contribution in [0.1, 0.15) is 32.6 Å². The Hall–Kier alpha value is -1.53. The summed E-state index contributed by atoms with van der Waals surface area (Å²) in [7, 11) is 0. The highest BCUT2D eigenvalue weighted by molar-refractivity contribution is 8.01. The predicted octanol–water partition coefficient (Wildman–Crippen LogP) is 1.06. The van der Waals surface area contributed by atoms with Crippen molar-refractivity contribution < 1.29 is 14.5 Å². The number of nitrogens with one attached hydrogen (secondary N) is 3. The highest BCUT2D eigenvalue weighted by Gasteiger charge is 2.30. The van der Waals surface area contributed by atoms with E-state index in [1.165, 1.54) is 24.7 Å². The Labute approximate surface area is 147 Å². The summed E-state index contributed by atoms with van der Waals surface area (Å²) in [5, 5.41) is 5.68. The van der Waals surface area contributed by atoms with Crippen molar-refractivity contribution in [3.05, 3.63) is 24.3 Å². The Bertz CT molecular complexity index is 600. The first-order valence-electron chi connectivity index (χ1n) is 8.85. The first-order chi connectivity index (χ1) is 11.7. The van der Waals surface area contributed by atoms with E-state index in [0.717, 1.165) is 36.5 Å². The van der Waals surface area contributed by atoms with Crippen molar-refractivity contribution in [3.63, 3.8) is 0 Å². The first-order valence-corrected chi connectivity index (χ1v) is 9.73. The zero-order valence-electron chi connectivity index (χ0n) is 14.1. The molecule has 2 aliphatic heterocycles. The molecule has 6 heteroatoms. The molecule has 0 bridgehead atoms. The molecule has 0 aromatic heterocycles. The number of rotatable bonds is 5. The molecule has 0 unspecified atom stereocenters. The third kappa shape index (κ3) is 4.30. The van der Waals surface area contributed by atoms with Crippen LogP contribution in [0.3, 0.4) is 0 Å². The molecule has 2 aliphatic rings. The molecule has 0 radical (unpaired) electrons. The molecule has 3 N–H and O–H groups in total. The summed E-state index contributed by atoms with van der Waals surface area (Å²) in [6.07, 6.45) is 3.52. The fourth-order valence-electron chi connectivity index (χ4n) is 3.46. The number of amides is 2. The van der Waals surface area contributed by atoms with E-state index in [4.69, 9.17) is 0 Å². The van der Waals surface area contributed by atoms with E-state index in [9.17, 15) is 9.59 Å². The Kier molecular flexibility index (Phi) is 5.79. The molecule has 5 nitrogen and oxygen atoms in total. The van der Waals surface area contributed by atoms with Crippen LogP contribution >= 0.6 is 11.8 Å². The summed E-state index contributed by atoms with van der Waals surface area (Å²) in [5.74, 6) is -0.0815. The number of likely N-dealkylation sites (tertiary alicyclic amines) is 1. The van der Waals surface area contributed by atoms with E-state index in [1.807, 2.05) is 24.3 Å². The van der Waals surface area contributed by atoms with Crippen LogP contribution in [0.4, 0.5) is 5.69 Å². The average molecular weight is 348 g/mol. The largest absolute Gasteiger partial charge is 0.353 e. The minimum absolute atomic E-state index is 0.00836. The molecule has 3 rings (SSSR count). The maximum Gasteiger partial charge on any atom is 0.238 e. The van der Waals surface area contributed by atoms with Gasteiger partial charge in [0, 0.05) is 30.2 Å². The van der Waals surface area contributed by atoms with Gasteiger partial charge >= 0.3 is 0 Å². The van der Waals surface area contributed by atoms with Crippen molar-refractivity contribution in [2.75, 3.05) is 25.0 Å². The second kappa shape index (κ2) is 8.03. The van der Waals surface area contributed by atoms with E-state index in [0.29, 0.717) is 0 Å². The molecule has 130 valence electrons. The summed E-state index contributed by atoms with van der Waals surface area (Å²) >= 11 is 1.49. The van der Waals surface area contributed by atoms with Crippen molar-refractivity contribution in [1.82, 2.24) is 5.32 Å². The fraction of sp³-hybridized carbons (Fsp3) is 0.556. The van der Waals surface area contributed by atoms with Crippen LogP contribution in [0.25, 0.3) is 0 Å². The van der Waals surface area contributed by atoms with Crippen LogP contribution < -0.4 is 15.5 Å². The van der Waals surface area contributed by atoms with Gasteiger partial charge in [0.15, 0.2) is 0 Å². The first kappa shape index (κ1) is 17.3. The van der Waals surface area contributed by atoms with Gasteiger partial charge in [-0.15, -0.1) is 11.8 Å². The van der Waals surface area contributed by atoms with Crippen LogP contribution in [-0.4, -0.2) is 42.7 Å². The molecule has 0 saturated carbocycles. The van der Waals surface area contributed by atoms with Gasteiger partial charge in [-0.2, -0.15) is 0 Å². The maximum absolute atomic E-state index is 12.3. The normalized spacial score (nSPS) is 26.4. The van der Waals surface area contributed by atoms with Crippen LogP contribution in [0.5, 0.6) is 0 Å². The number of carbonyl (C=O) groups is 2. The Morgan fingerprint density at radius 3 is 2.83 bits per heavy atom. The van der Waals surface area contributed by atoms with Crippen LogP contribution in [0.15, 0.2) is 29.2 Å². The minimum atomic E-state index is -0.342. The van der Waals surface area contributed by atoms with Gasteiger partial charge in [0.05, 0.1) is 30.6 Å². The molecule has 2 heterocycles. The van der Waals surface area contributed by atoms with E-state index >= 15 is 0 Å². The van der Waals surface area contributed by atoms with Gasteiger partial charge < -0.3 is 15.5 Å². The molecular weight excluding hydrogens is 322 g/mol. The summed E-state index contributed by atoms with van der Waals surface area (Å²) in [4.78, 5) is 27.2. The Morgan fingerprint density at radius 1 is 1.33 bits per heavy atom. The quantitative estimate of drug-likeness (QED) is 0.746. The van der Waals surface area contributed by atoms with E-state index in [1.54, 1.807) is 4.90 Å². The molecule has 1 saturated heterocycles. The van der Waals surface area contributed by atoms with Gasteiger partial charge in [-0.25, -0.2) is 0 Å². The monoisotopic (exact) mass is 348 g/mol. The second-order valence-corrected chi connectivity index (χ2v) is 7.88. The number of para-hydroxylation sites is 1. The van der Waals surface area contributed by atoms with Gasteiger partial charge in [0.1, 0.15) is 0 Å². The highest BCUT2D eigenvalue weighted by atomic mass is 32.2. The number of quaternary nitrogens is 1. The second-order valence-electron chi connectivity index (χ2n) is 6.64. The summed E-state index contributed by atoms with van der Waals surface area (Å²) in [5.41, 5.74) is 0.843. The maximum atomic E-state index is 12.3. The zero-order valence-corrected chi connectivity index (χ0v) is 15.0. The van der Waals surface area contributed by atoms with Crippen LogP contribution in [0, 0.1) is 0 Å². The summed E-state index contributed by atoms with van der Waals surface area (Å²) in [6, 6.07) is 7.99. The van der Waals surface area contributed by atoms with Crippen molar-refractivity contribution in [2.24, 2.45) is 0 Å². The number of hydrogen-bond donors (Lipinski definition) is 3. The van der Waals surface area contributed by atoms with Gasteiger partial charge in [-0.05, 0) is 18.6 Å². The van der Waals surface area contributed by atoms with Gasteiger partial charge in [0.25, 0.3) is 0 Å². The number of benzene rings is 1. The molecule has 1 fully saturated rings. The molecule has 0 aliphatic carbocycles. The van der Waals surface area contributed by atoms with Crippen molar-refractivity contribution in [2.45, 2.75) is 48.8 Å². The minimum Gasteiger partial charge on any atom is -0.353 e. The fourth-order valence-corrected chi connectivity index (χ4v) is 4.57. The molecule has 1 aromatic carbocycles. The van der Waals surface area contributed by atoms with Crippen molar-refractivity contribution in [3.8, 4) is 0 Å². The van der Waals surface area contributed by atoms with Gasteiger partial charge in [-0.3, -0.25) is 9.59 Å². The number of anilines is 1. The number of hydrogen-bond acceptors (Lipinski definition) is 3. The Morgan fingerprint density at radius 2 is 2.08 bits per heavy atom. The standard InChI is InChI=1S/C18H25N3O2S/c1-2-9-21-10-7-13(8-11-21)19-17(22)12-16-18(23)20-14-5-3-4-6-15(14)24-16/h3-6,13,16H,2,7-12H2,1H3,(H,19,22)(H,20,23)/p+1/t16-/m0/s1. The summed E-state index contributed by atoms with van der Waals surface area (Å²) in [6.45, 7) is 5.69. The van der Waals surface area contributed by atoms with Crippen LogP contribution in [-0.2, 0) is 9.59 Å². The third-order valence-corrected chi connectivity index (χ3v) is 6.01. The predicted molar refractivity (Wildman–Crippen MR) is 96.4 cm³/mol. The molecule has 24 heavy (non-hydrogen) atoms. The van der Waals surface area contributed by atoms with Crippen molar-refractivity contribution >= 4 is 29.3 Å². The number of carbonyl (C=O) groups excluding carboxylic acids is 2. The van der Waals surface area contributed by atoms with Crippen molar-refractivity contribution in [1.29, 1.82) is 0 Å². The molecular formula is C18H26N3O2S+. The molecule has 1 aromatic rings. The lowest BCUT2D eigenvalue weighted by Gasteiger charge is -2.30. The van der Waals surface area contributed by atoms with E-state index < -0.39 is 0 Å². The topological polar surface area (TPSA) is 62.6 Å². The number of thioether (sulfide) groups is 1. The molecule has 0 spiro atoms. The molecule has 2 amide bonds. The number of fused-ring (bicyclic) bond motifs is 1. The highest BCUT2D eigenvalue weighted by Crippen LogP contribution is 2.36. The van der Waals surface area contributed by atoms with Gasteiger partial charge in [0.2, 0.25) is 11.8 Å². The lowest BCUT2D eigenvalue weighted by molar-refractivity contribution is -0.905. The summed E-state index contributed by atoms with van der Waals surface area (Å²) < 4.78 is 0. The number of piperidine rings is 1. The lowest BCUT2D eigenvalue weighted by Crippen LogP contribution is -3.13. The van der Waals surface area contributed by atoms with E-state index in [2.05, 4.69) is 17.6 Å². The van der Waals surface area contributed by atoms with Gasteiger partial charge in [-0.1, -0.05) is 19.1 Å². The smallest absolute Gasteiger partial charge is 0.238 e. The Balaban J connectivity index is 1.48. The zero-order chi connectivity index (χ0) is 16.9. The average Bonchev–Trinajstić information content (AvgIpc) is 2.57. The van der Waals surface area contributed by atoms with E-state index in [-0.39, 0.29) is 29.5 Å². The lowest BCUT2D eigenvalue weighted by atomic mass is 10.0. The molecule has 1 atom stereocenters. The SMILES string of the molecule is CCC[NH+]1CCC(NC(=O)C[C@@H]2Sc3ccccc3NC2=O)CC1. The van der Waals surface area contributed by atoms with Crippen LogP contribution in [0.2, 0.25) is 0 Å². The third-order valence-electron chi connectivity index (χ3n) is 4.74.